The Morgan fingerprint density at radius 2 is 1.78 bits per heavy atom. The number of amides is 1. The minimum atomic E-state index is -0.198. The average molecular weight is 383 g/mol. The van der Waals surface area contributed by atoms with E-state index in [4.69, 9.17) is 5.26 Å². The van der Waals surface area contributed by atoms with Crippen LogP contribution in [0.2, 0.25) is 0 Å². The number of hydrogen-bond donors (Lipinski definition) is 1. The topological polar surface area (TPSA) is 59.4 Å². The summed E-state index contributed by atoms with van der Waals surface area (Å²) in [5, 5.41) is 11.9. The van der Waals surface area contributed by atoms with Crippen LogP contribution in [-0.2, 0) is 0 Å². The SMILES string of the molecule is Cl.N#Cc1cccc(C(=O)Nc2ccc(N3CCN4CCC3CC4)cc2)c1. The fourth-order valence-electron chi connectivity index (χ4n) is 3.90. The average Bonchev–Trinajstić information content (AvgIpc) is 3.02. The van der Waals surface area contributed by atoms with E-state index in [1.54, 1.807) is 24.3 Å². The Labute approximate surface area is 166 Å². The van der Waals surface area contributed by atoms with Gasteiger partial charge in [-0.1, -0.05) is 6.07 Å². The Balaban J connectivity index is 0.00000210. The van der Waals surface area contributed by atoms with Crippen molar-refractivity contribution in [1.82, 2.24) is 4.90 Å². The molecule has 6 heteroatoms. The molecule has 140 valence electrons. The number of benzene rings is 2. The molecule has 3 aliphatic rings. The summed E-state index contributed by atoms with van der Waals surface area (Å²) in [5.41, 5.74) is 2.97. The third-order valence-electron chi connectivity index (χ3n) is 5.37. The van der Waals surface area contributed by atoms with Crippen LogP contribution in [0.5, 0.6) is 0 Å². The Morgan fingerprint density at radius 3 is 2.48 bits per heavy atom. The number of halogens is 1. The summed E-state index contributed by atoms with van der Waals surface area (Å²) in [6, 6.07) is 17.5. The van der Waals surface area contributed by atoms with Crippen molar-refractivity contribution in [1.29, 1.82) is 5.26 Å². The third-order valence-corrected chi connectivity index (χ3v) is 5.37. The van der Waals surface area contributed by atoms with Crippen molar-refractivity contribution in [3.05, 3.63) is 59.7 Å². The zero-order valence-electron chi connectivity index (χ0n) is 15.1. The Kier molecular flexibility index (Phi) is 6.00. The normalized spacial score (nSPS) is 20.9. The van der Waals surface area contributed by atoms with Gasteiger partial charge in [0.05, 0.1) is 11.6 Å². The Morgan fingerprint density at radius 1 is 1.04 bits per heavy atom. The van der Waals surface area contributed by atoms with E-state index in [0.717, 1.165) is 18.8 Å². The van der Waals surface area contributed by atoms with E-state index in [0.29, 0.717) is 17.2 Å². The van der Waals surface area contributed by atoms with Gasteiger partial charge in [0.15, 0.2) is 0 Å². The molecule has 3 aliphatic heterocycles. The second-order valence-electron chi connectivity index (χ2n) is 6.96. The van der Waals surface area contributed by atoms with Gasteiger partial charge in [-0.25, -0.2) is 0 Å². The summed E-state index contributed by atoms with van der Waals surface area (Å²) in [4.78, 5) is 17.4. The minimum Gasteiger partial charge on any atom is -0.367 e. The van der Waals surface area contributed by atoms with Crippen LogP contribution in [0.1, 0.15) is 28.8 Å². The zero-order valence-corrected chi connectivity index (χ0v) is 15.9. The second-order valence-corrected chi connectivity index (χ2v) is 6.96. The molecule has 27 heavy (non-hydrogen) atoms. The molecule has 3 heterocycles. The summed E-state index contributed by atoms with van der Waals surface area (Å²) in [6.45, 7) is 4.61. The highest BCUT2D eigenvalue weighted by atomic mass is 35.5. The maximum absolute atomic E-state index is 12.4. The number of piperidine rings is 1. The van der Waals surface area contributed by atoms with Crippen molar-refractivity contribution < 1.29 is 4.79 Å². The number of carbonyl (C=O) groups excluding carboxylic acids is 1. The highest BCUT2D eigenvalue weighted by molar-refractivity contribution is 6.04. The van der Waals surface area contributed by atoms with E-state index in [9.17, 15) is 4.79 Å². The van der Waals surface area contributed by atoms with Crippen molar-refractivity contribution in [2.75, 3.05) is 36.4 Å². The summed E-state index contributed by atoms with van der Waals surface area (Å²) >= 11 is 0. The summed E-state index contributed by atoms with van der Waals surface area (Å²) in [6.07, 6.45) is 2.46. The van der Waals surface area contributed by atoms with Gasteiger partial charge in [-0.15, -0.1) is 12.4 Å². The molecule has 3 saturated heterocycles. The fraction of sp³-hybridized carbons (Fsp3) is 0.333. The van der Waals surface area contributed by atoms with Crippen LogP contribution >= 0.6 is 12.4 Å². The quantitative estimate of drug-likeness (QED) is 0.882. The maximum Gasteiger partial charge on any atom is 0.255 e. The highest BCUT2D eigenvalue weighted by Crippen LogP contribution is 2.27. The Bertz CT molecular complexity index is 838. The first kappa shape index (κ1) is 19.2. The molecule has 2 aromatic rings. The van der Waals surface area contributed by atoms with Crippen molar-refractivity contribution >= 4 is 29.7 Å². The molecule has 2 bridgehead atoms. The number of nitriles is 1. The van der Waals surface area contributed by atoms with Gasteiger partial charge < -0.3 is 15.1 Å². The lowest BCUT2D eigenvalue weighted by Crippen LogP contribution is -2.37. The van der Waals surface area contributed by atoms with Crippen LogP contribution in [0.3, 0.4) is 0 Å². The van der Waals surface area contributed by atoms with Crippen molar-refractivity contribution in [3.8, 4) is 6.07 Å². The number of nitrogens with zero attached hydrogens (tertiary/aromatic N) is 3. The van der Waals surface area contributed by atoms with E-state index in [2.05, 4.69) is 33.3 Å². The van der Waals surface area contributed by atoms with Crippen molar-refractivity contribution in [2.45, 2.75) is 18.9 Å². The summed E-state index contributed by atoms with van der Waals surface area (Å²) < 4.78 is 0. The monoisotopic (exact) mass is 382 g/mol. The molecule has 1 amide bonds. The lowest BCUT2D eigenvalue weighted by Gasteiger charge is -2.33. The lowest BCUT2D eigenvalue weighted by atomic mass is 10.0. The van der Waals surface area contributed by atoms with Crippen molar-refractivity contribution in [2.24, 2.45) is 0 Å². The molecule has 0 atom stereocenters. The molecule has 0 spiro atoms. The van der Waals surface area contributed by atoms with Crippen LogP contribution in [-0.4, -0.2) is 43.0 Å². The molecule has 0 aromatic heterocycles. The molecule has 5 rings (SSSR count). The molecular formula is C21H23ClN4O. The number of anilines is 2. The van der Waals surface area contributed by atoms with Gasteiger partial charge in [-0.3, -0.25) is 4.79 Å². The summed E-state index contributed by atoms with van der Waals surface area (Å²) in [5.74, 6) is -0.198. The smallest absolute Gasteiger partial charge is 0.255 e. The molecule has 3 fully saturated rings. The lowest BCUT2D eigenvalue weighted by molar-refractivity contribution is 0.102. The van der Waals surface area contributed by atoms with E-state index >= 15 is 0 Å². The maximum atomic E-state index is 12.4. The van der Waals surface area contributed by atoms with Gasteiger partial charge in [0.2, 0.25) is 0 Å². The summed E-state index contributed by atoms with van der Waals surface area (Å²) in [7, 11) is 0. The molecule has 1 N–H and O–H groups in total. The second kappa shape index (κ2) is 8.43. The molecule has 2 aromatic carbocycles. The van der Waals surface area contributed by atoms with Crippen LogP contribution in [0, 0.1) is 11.3 Å². The molecule has 0 radical (unpaired) electrons. The predicted octanol–water partition coefficient (Wildman–Crippen LogP) is 3.52. The molecule has 5 nitrogen and oxygen atoms in total. The zero-order chi connectivity index (χ0) is 17.9. The standard InChI is InChI=1S/C21H22N4O.ClH/c22-15-16-2-1-3-17(14-16)21(26)23-18-4-6-19(7-5-18)25-13-12-24-10-8-20(25)9-11-24;/h1-7,14,20H,8-13H2,(H,23,26);1H. The fourth-order valence-corrected chi connectivity index (χ4v) is 3.90. The van der Waals surface area contributed by atoms with Gasteiger partial charge in [-0.05, 0) is 55.3 Å². The highest BCUT2D eigenvalue weighted by Gasteiger charge is 2.28. The molecule has 0 unspecified atom stereocenters. The molecule has 0 saturated carbocycles. The first-order chi connectivity index (χ1) is 12.7. The number of nitrogens with one attached hydrogen (secondary N) is 1. The van der Waals surface area contributed by atoms with Crippen LogP contribution < -0.4 is 10.2 Å². The molecular weight excluding hydrogens is 360 g/mol. The van der Waals surface area contributed by atoms with E-state index < -0.39 is 0 Å². The van der Waals surface area contributed by atoms with E-state index in [1.807, 2.05) is 12.1 Å². The van der Waals surface area contributed by atoms with E-state index in [-0.39, 0.29) is 18.3 Å². The first-order valence-electron chi connectivity index (χ1n) is 9.13. The van der Waals surface area contributed by atoms with Crippen molar-refractivity contribution in [3.63, 3.8) is 0 Å². The Hall–Kier alpha value is -2.55. The van der Waals surface area contributed by atoms with Gasteiger partial charge in [0, 0.05) is 49.2 Å². The number of hydrogen-bond acceptors (Lipinski definition) is 4. The van der Waals surface area contributed by atoms with Gasteiger partial charge in [-0.2, -0.15) is 5.26 Å². The predicted molar refractivity (Wildman–Crippen MR) is 110 cm³/mol. The number of carbonyl (C=O) groups is 1. The van der Waals surface area contributed by atoms with Gasteiger partial charge in [0.1, 0.15) is 0 Å². The van der Waals surface area contributed by atoms with Gasteiger partial charge >= 0.3 is 0 Å². The molecule has 0 aliphatic carbocycles. The number of rotatable bonds is 3. The number of fused-ring (bicyclic) bond motifs is 4. The third kappa shape index (κ3) is 4.24. The first-order valence-corrected chi connectivity index (χ1v) is 9.13. The van der Waals surface area contributed by atoms with Crippen LogP contribution in [0.4, 0.5) is 11.4 Å². The largest absolute Gasteiger partial charge is 0.367 e. The van der Waals surface area contributed by atoms with E-state index in [1.165, 1.54) is 31.6 Å². The van der Waals surface area contributed by atoms with Crippen LogP contribution in [0.15, 0.2) is 48.5 Å². The minimum absolute atomic E-state index is 0. The van der Waals surface area contributed by atoms with Gasteiger partial charge in [0.25, 0.3) is 5.91 Å². The van der Waals surface area contributed by atoms with Crippen LogP contribution in [0.25, 0.3) is 0 Å².